The number of carbonyl (C=O) groups excluding carboxylic acids is 1. The lowest BCUT2D eigenvalue weighted by Crippen LogP contribution is -2.17. The second-order valence-corrected chi connectivity index (χ2v) is 5.66. The number of aromatic nitrogens is 1. The number of aromatic carboxylic acids is 1. The van der Waals surface area contributed by atoms with E-state index in [2.05, 4.69) is 10.3 Å². The third kappa shape index (κ3) is 3.85. The number of H-pyrrole nitrogens is 1. The molecule has 0 atom stereocenters. The second kappa shape index (κ2) is 6.59. The first kappa shape index (κ1) is 14.6. The fourth-order valence-electron chi connectivity index (χ4n) is 2.89. The smallest absolute Gasteiger partial charge is 0.354 e. The van der Waals surface area contributed by atoms with Gasteiger partial charge in [-0.3, -0.25) is 4.79 Å². The van der Waals surface area contributed by atoms with Crippen molar-refractivity contribution in [3.8, 4) is 0 Å². The summed E-state index contributed by atoms with van der Waals surface area (Å²) in [5, 5.41) is 11.8. The highest BCUT2D eigenvalue weighted by Gasteiger charge is 2.19. The largest absolute Gasteiger partial charge is 0.477 e. The molecule has 0 radical (unpaired) electrons. The minimum Gasteiger partial charge on any atom is -0.477 e. The third-order valence-electron chi connectivity index (χ3n) is 3.89. The van der Waals surface area contributed by atoms with Crippen molar-refractivity contribution in [2.75, 3.05) is 5.32 Å². The first-order chi connectivity index (χ1) is 9.56. The van der Waals surface area contributed by atoms with Crippen LogP contribution in [0.2, 0.25) is 0 Å². The Balaban J connectivity index is 1.95. The predicted octanol–water partition coefficient (Wildman–Crippen LogP) is 3.32. The lowest BCUT2D eigenvalue weighted by molar-refractivity contribution is -0.117. The third-order valence-corrected chi connectivity index (χ3v) is 3.89. The topological polar surface area (TPSA) is 82.2 Å². The summed E-state index contributed by atoms with van der Waals surface area (Å²) in [6.45, 7) is 1.77. The van der Waals surface area contributed by atoms with E-state index in [1.807, 2.05) is 0 Å². The Labute approximate surface area is 118 Å². The fourth-order valence-corrected chi connectivity index (χ4v) is 2.89. The van der Waals surface area contributed by atoms with E-state index in [9.17, 15) is 9.59 Å². The highest BCUT2D eigenvalue weighted by molar-refractivity contribution is 5.99. The molecule has 0 bridgehead atoms. The molecule has 3 N–H and O–H groups in total. The molecule has 0 unspecified atom stereocenters. The number of hydrogen-bond acceptors (Lipinski definition) is 2. The maximum absolute atomic E-state index is 12.1. The number of carboxylic acid groups (broad SMARTS) is 1. The molecule has 0 saturated heterocycles. The van der Waals surface area contributed by atoms with Crippen molar-refractivity contribution < 1.29 is 14.7 Å². The number of hydrogen-bond donors (Lipinski definition) is 3. The van der Waals surface area contributed by atoms with Crippen LogP contribution in [0.3, 0.4) is 0 Å². The summed E-state index contributed by atoms with van der Waals surface area (Å²) < 4.78 is 0. The van der Waals surface area contributed by atoms with Crippen molar-refractivity contribution >= 4 is 17.6 Å². The molecule has 0 aliphatic heterocycles. The van der Waals surface area contributed by atoms with Crippen LogP contribution in [0.25, 0.3) is 0 Å². The number of aryl methyl sites for hydroxylation is 1. The first-order valence-corrected chi connectivity index (χ1v) is 7.29. The van der Waals surface area contributed by atoms with E-state index in [0.717, 1.165) is 18.5 Å². The number of aromatic amines is 1. The molecule has 1 aliphatic carbocycles. The Bertz CT molecular complexity index is 485. The van der Waals surface area contributed by atoms with Crippen molar-refractivity contribution in [1.29, 1.82) is 0 Å². The van der Waals surface area contributed by atoms with E-state index in [4.69, 9.17) is 5.11 Å². The van der Waals surface area contributed by atoms with Crippen molar-refractivity contribution in [3.63, 3.8) is 0 Å². The van der Waals surface area contributed by atoms with Crippen LogP contribution in [-0.4, -0.2) is 22.0 Å². The summed E-state index contributed by atoms with van der Waals surface area (Å²) in [4.78, 5) is 25.9. The highest BCUT2D eigenvalue weighted by Crippen LogP contribution is 2.26. The summed E-state index contributed by atoms with van der Waals surface area (Å²) in [5.41, 5.74) is 1.15. The Kier molecular flexibility index (Phi) is 4.82. The first-order valence-electron chi connectivity index (χ1n) is 7.29. The summed E-state index contributed by atoms with van der Waals surface area (Å²) >= 11 is 0. The molecule has 0 spiro atoms. The predicted molar refractivity (Wildman–Crippen MR) is 76.9 cm³/mol. The number of rotatable bonds is 4. The van der Waals surface area contributed by atoms with E-state index in [1.165, 1.54) is 25.7 Å². The zero-order chi connectivity index (χ0) is 14.5. The fraction of sp³-hybridized carbons (Fsp3) is 0.600. The van der Waals surface area contributed by atoms with E-state index < -0.39 is 5.97 Å². The average Bonchev–Trinajstić information content (AvgIpc) is 2.59. The van der Waals surface area contributed by atoms with Crippen molar-refractivity contribution in [2.45, 2.75) is 51.9 Å². The van der Waals surface area contributed by atoms with E-state index in [0.29, 0.717) is 18.0 Å². The number of amides is 1. The van der Waals surface area contributed by atoms with Gasteiger partial charge in [-0.25, -0.2) is 4.79 Å². The minimum absolute atomic E-state index is 0.0525. The van der Waals surface area contributed by atoms with Gasteiger partial charge in [-0.05, 0) is 31.7 Å². The molecule has 5 nitrogen and oxygen atoms in total. The molecule has 1 saturated carbocycles. The number of nitrogens with one attached hydrogen (secondary N) is 2. The second-order valence-electron chi connectivity index (χ2n) is 5.66. The zero-order valence-electron chi connectivity index (χ0n) is 11.9. The van der Waals surface area contributed by atoms with Gasteiger partial charge < -0.3 is 15.4 Å². The molecular formula is C15H22N2O3. The summed E-state index contributed by atoms with van der Waals surface area (Å²) in [7, 11) is 0. The molecule has 5 heteroatoms. The van der Waals surface area contributed by atoms with Gasteiger partial charge in [0.25, 0.3) is 0 Å². The van der Waals surface area contributed by atoms with Crippen LogP contribution in [0.5, 0.6) is 0 Å². The van der Waals surface area contributed by atoms with Crippen LogP contribution in [0.4, 0.5) is 5.69 Å². The number of carboxylic acids is 1. The minimum atomic E-state index is -1.05. The SMILES string of the molecule is Cc1cc(NC(=O)CC2CCCCCC2)c(C(=O)O)[nH]1. The van der Waals surface area contributed by atoms with E-state index >= 15 is 0 Å². The van der Waals surface area contributed by atoms with Crippen LogP contribution in [0.15, 0.2) is 6.07 Å². The highest BCUT2D eigenvalue weighted by atomic mass is 16.4. The van der Waals surface area contributed by atoms with Crippen molar-refractivity contribution in [3.05, 3.63) is 17.5 Å². The monoisotopic (exact) mass is 278 g/mol. The molecule has 1 heterocycles. The Morgan fingerprint density at radius 3 is 2.55 bits per heavy atom. The Morgan fingerprint density at radius 2 is 1.95 bits per heavy atom. The zero-order valence-corrected chi connectivity index (χ0v) is 11.9. The molecule has 110 valence electrons. The van der Waals surface area contributed by atoms with Gasteiger partial charge in [0.1, 0.15) is 5.69 Å². The van der Waals surface area contributed by atoms with Gasteiger partial charge in [0, 0.05) is 12.1 Å². The quantitative estimate of drug-likeness (QED) is 0.739. The molecule has 1 aliphatic rings. The molecule has 1 aromatic heterocycles. The van der Waals surface area contributed by atoms with Crippen molar-refractivity contribution in [2.24, 2.45) is 5.92 Å². The molecular weight excluding hydrogens is 256 g/mol. The maximum Gasteiger partial charge on any atom is 0.354 e. The van der Waals surface area contributed by atoms with Crippen LogP contribution >= 0.6 is 0 Å². The molecule has 1 fully saturated rings. The lowest BCUT2D eigenvalue weighted by Gasteiger charge is -2.13. The maximum atomic E-state index is 12.1. The normalized spacial score (nSPS) is 16.6. The molecule has 20 heavy (non-hydrogen) atoms. The molecule has 1 amide bonds. The average molecular weight is 278 g/mol. The lowest BCUT2D eigenvalue weighted by atomic mass is 9.96. The van der Waals surface area contributed by atoms with Gasteiger partial charge in [0.05, 0.1) is 5.69 Å². The van der Waals surface area contributed by atoms with Crippen molar-refractivity contribution in [1.82, 2.24) is 4.98 Å². The van der Waals surface area contributed by atoms with Gasteiger partial charge in [0.15, 0.2) is 0 Å². The summed E-state index contributed by atoms with van der Waals surface area (Å²) in [6.07, 6.45) is 7.61. The molecule has 1 aromatic rings. The Hall–Kier alpha value is -1.78. The van der Waals surface area contributed by atoms with Crippen LogP contribution in [-0.2, 0) is 4.79 Å². The van der Waals surface area contributed by atoms with Crippen LogP contribution in [0, 0.1) is 12.8 Å². The van der Waals surface area contributed by atoms with Crippen LogP contribution < -0.4 is 5.32 Å². The van der Waals surface area contributed by atoms with E-state index in [-0.39, 0.29) is 11.6 Å². The van der Waals surface area contributed by atoms with E-state index in [1.54, 1.807) is 13.0 Å². The van der Waals surface area contributed by atoms with Gasteiger partial charge in [-0.2, -0.15) is 0 Å². The van der Waals surface area contributed by atoms with Gasteiger partial charge in [-0.15, -0.1) is 0 Å². The van der Waals surface area contributed by atoms with Gasteiger partial charge >= 0.3 is 5.97 Å². The Morgan fingerprint density at radius 1 is 1.30 bits per heavy atom. The molecule has 2 rings (SSSR count). The van der Waals surface area contributed by atoms with Gasteiger partial charge in [0.2, 0.25) is 5.91 Å². The van der Waals surface area contributed by atoms with Crippen LogP contribution in [0.1, 0.15) is 61.1 Å². The van der Waals surface area contributed by atoms with Gasteiger partial charge in [-0.1, -0.05) is 25.7 Å². The standard InChI is InChI=1S/C15H22N2O3/c1-10-8-12(14(16-10)15(19)20)17-13(18)9-11-6-4-2-3-5-7-11/h8,11,16H,2-7,9H2,1H3,(H,17,18)(H,19,20). The summed E-state index contributed by atoms with van der Waals surface area (Å²) in [6, 6.07) is 1.66. The molecule has 0 aromatic carbocycles. The number of anilines is 1. The summed E-state index contributed by atoms with van der Waals surface area (Å²) in [5.74, 6) is -0.702. The number of carbonyl (C=O) groups is 2.